The molecule has 4 heterocycles. The molecule has 2 aromatic rings. The first-order chi connectivity index (χ1) is 13.1. The number of phenols is 1. The lowest BCUT2D eigenvalue weighted by Gasteiger charge is -2.49. The molecule has 2 bridgehead atoms. The first-order valence-electron chi connectivity index (χ1n) is 9.50. The molecule has 144 valence electrons. The van der Waals surface area contributed by atoms with Crippen molar-refractivity contribution in [3.63, 3.8) is 0 Å². The molecule has 3 aliphatic rings. The maximum atomic E-state index is 12.8. The van der Waals surface area contributed by atoms with E-state index in [1.54, 1.807) is 24.3 Å². The number of carbonyl (C=O) groups is 1. The van der Waals surface area contributed by atoms with Crippen LogP contribution in [-0.2, 0) is 17.9 Å². The lowest BCUT2D eigenvalue weighted by molar-refractivity contribution is -0.127. The van der Waals surface area contributed by atoms with Crippen molar-refractivity contribution in [2.45, 2.75) is 32.0 Å². The van der Waals surface area contributed by atoms with Crippen LogP contribution in [0.2, 0.25) is 0 Å². The maximum Gasteiger partial charge on any atom is 0.229 e. The van der Waals surface area contributed by atoms with Gasteiger partial charge in [0.05, 0.1) is 18.2 Å². The summed E-state index contributed by atoms with van der Waals surface area (Å²) in [4.78, 5) is 15.2. The van der Waals surface area contributed by atoms with E-state index in [2.05, 4.69) is 25.8 Å². The average Bonchev–Trinajstić information content (AvgIpc) is 3.09. The van der Waals surface area contributed by atoms with Gasteiger partial charge in [0.15, 0.2) is 0 Å². The molecule has 3 saturated heterocycles. The highest BCUT2D eigenvalue weighted by molar-refractivity contribution is 5.93. The van der Waals surface area contributed by atoms with E-state index in [0.717, 1.165) is 38.2 Å². The minimum atomic E-state index is -0.00653. The number of nitrogens with zero attached hydrogens (tertiary/aromatic N) is 4. The van der Waals surface area contributed by atoms with Gasteiger partial charge in [-0.2, -0.15) is 0 Å². The fourth-order valence-corrected chi connectivity index (χ4v) is 4.35. The number of hydrogen-bond donors (Lipinski definition) is 3. The quantitative estimate of drug-likeness (QED) is 0.704. The topological polar surface area (TPSA) is 95.3 Å². The predicted molar refractivity (Wildman–Crippen MR) is 101 cm³/mol. The van der Waals surface area contributed by atoms with Crippen LogP contribution in [0.1, 0.15) is 18.5 Å². The fraction of sp³-hybridized carbons (Fsp3) is 0.526. The molecule has 0 aliphatic carbocycles. The lowest BCUT2D eigenvalue weighted by Crippen LogP contribution is -2.57. The number of fused-ring (bicyclic) bond motifs is 3. The molecule has 1 unspecified atom stereocenters. The molecular weight excluding hydrogens is 344 g/mol. The first kappa shape index (κ1) is 17.9. The van der Waals surface area contributed by atoms with E-state index in [-0.39, 0.29) is 17.6 Å². The zero-order valence-corrected chi connectivity index (χ0v) is 15.5. The Labute approximate surface area is 158 Å². The molecule has 0 spiro atoms. The molecule has 8 nitrogen and oxygen atoms in total. The van der Waals surface area contributed by atoms with Gasteiger partial charge >= 0.3 is 0 Å². The Morgan fingerprint density at radius 2 is 2.30 bits per heavy atom. The van der Waals surface area contributed by atoms with Gasteiger partial charge in [0.2, 0.25) is 5.91 Å². The minimum absolute atomic E-state index is 0.00653. The largest absolute Gasteiger partial charge is 0.508 e. The molecule has 5 rings (SSSR count). The Kier molecular flexibility index (Phi) is 5.09. The van der Waals surface area contributed by atoms with Crippen LogP contribution in [0.15, 0.2) is 30.5 Å². The second-order valence-electron chi connectivity index (χ2n) is 7.54. The van der Waals surface area contributed by atoms with Gasteiger partial charge in [-0.3, -0.25) is 14.4 Å². The molecule has 1 aromatic heterocycles. The summed E-state index contributed by atoms with van der Waals surface area (Å²) in [7, 11) is 1.90. The van der Waals surface area contributed by atoms with E-state index in [9.17, 15) is 9.90 Å². The number of aromatic hydroxyl groups is 1. The van der Waals surface area contributed by atoms with Crippen LogP contribution in [0.3, 0.4) is 0 Å². The van der Waals surface area contributed by atoms with Gasteiger partial charge in [0, 0.05) is 37.1 Å². The van der Waals surface area contributed by atoms with Crippen LogP contribution in [0.25, 0.3) is 0 Å². The molecule has 3 N–H and O–H groups in total. The van der Waals surface area contributed by atoms with E-state index in [0.29, 0.717) is 24.2 Å². The summed E-state index contributed by atoms with van der Waals surface area (Å²) >= 11 is 0. The SMILES string of the molecule is CNCc1cn(C[C@H]2C[C@H]3CCN2C[C@@H]3C(=O)Nc2cccc(O)c2)nn1. The van der Waals surface area contributed by atoms with Crippen LogP contribution >= 0.6 is 0 Å². The number of carbonyl (C=O) groups excluding carboxylic acids is 1. The van der Waals surface area contributed by atoms with Gasteiger partial charge in [-0.1, -0.05) is 11.3 Å². The molecule has 1 amide bonds. The number of phenolic OH excluding ortho intramolecular Hbond substituents is 1. The maximum absolute atomic E-state index is 12.8. The lowest BCUT2D eigenvalue weighted by atomic mass is 9.75. The van der Waals surface area contributed by atoms with Crippen molar-refractivity contribution >= 4 is 11.6 Å². The highest BCUT2D eigenvalue weighted by Crippen LogP contribution is 2.37. The van der Waals surface area contributed by atoms with Crippen molar-refractivity contribution < 1.29 is 9.90 Å². The Morgan fingerprint density at radius 1 is 1.41 bits per heavy atom. The van der Waals surface area contributed by atoms with Gasteiger partial charge < -0.3 is 15.7 Å². The van der Waals surface area contributed by atoms with E-state index in [4.69, 9.17) is 0 Å². The highest BCUT2D eigenvalue weighted by atomic mass is 16.3. The fourth-order valence-electron chi connectivity index (χ4n) is 4.35. The molecule has 3 fully saturated rings. The predicted octanol–water partition coefficient (Wildman–Crippen LogP) is 1.05. The summed E-state index contributed by atoms with van der Waals surface area (Å²) in [6, 6.07) is 7.11. The summed E-state index contributed by atoms with van der Waals surface area (Å²) in [5, 5.41) is 24.0. The van der Waals surface area contributed by atoms with E-state index in [1.807, 2.05) is 17.9 Å². The molecule has 8 heteroatoms. The summed E-state index contributed by atoms with van der Waals surface area (Å²) in [5.41, 5.74) is 1.59. The number of hydrogen-bond acceptors (Lipinski definition) is 6. The van der Waals surface area contributed by atoms with Gasteiger partial charge in [-0.05, 0) is 44.5 Å². The van der Waals surface area contributed by atoms with Crippen molar-refractivity contribution in [3.8, 4) is 5.75 Å². The van der Waals surface area contributed by atoms with Crippen LogP contribution in [0.5, 0.6) is 5.75 Å². The molecule has 3 aliphatic heterocycles. The number of anilines is 1. The third kappa shape index (κ3) is 3.96. The molecule has 0 saturated carbocycles. The Morgan fingerprint density at radius 3 is 3.04 bits per heavy atom. The average molecular weight is 370 g/mol. The highest BCUT2D eigenvalue weighted by Gasteiger charge is 2.43. The summed E-state index contributed by atoms with van der Waals surface area (Å²) < 4.78 is 1.92. The van der Waals surface area contributed by atoms with Crippen molar-refractivity contribution in [1.82, 2.24) is 25.2 Å². The van der Waals surface area contributed by atoms with Gasteiger partial charge in [0.1, 0.15) is 5.75 Å². The number of aromatic nitrogens is 3. The van der Waals surface area contributed by atoms with Crippen LogP contribution < -0.4 is 10.6 Å². The molecule has 4 atom stereocenters. The minimum Gasteiger partial charge on any atom is -0.508 e. The van der Waals surface area contributed by atoms with Crippen LogP contribution in [-0.4, -0.2) is 57.1 Å². The Balaban J connectivity index is 1.37. The third-order valence-corrected chi connectivity index (χ3v) is 5.67. The van der Waals surface area contributed by atoms with Crippen molar-refractivity contribution in [1.29, 1.82) is 0 Å². The molecule has 0 radical (unpaired) electrons. The number of amides is 1. The van der Waals surface area contributed by atoms with Gasteiger partial charge in [0.25, 0.3) is 0 Å². The number of nitrogens with one attached hydrogen (secondary N) is 2. The monoisotopic (exact) mass is 370 g/mol. The second-order valence-corrected chi connectivity index (χ2v) is 7.54. The number of benzene rings is 1. The Hall–Kier alpha value is -2.45. The molecule has 1 aromatic carbocycles. The van der Waals surface area contributed by atoms with Gasteiger partial charge in [-0.15, -0.1) is 5.10 Å². The van der Waals surface area contributed by atoms with E-state index >= 15 is 0 Å². The second kappa shape index (κ2) is 7.66. The number of piperidine rings is 3. The van der Waals surface area contributed by atoms with Crippen molar-refractivity contribution in [3.05, 3.63) is 36.2 Å². The van der Waals surface area contributed by atoms with E-state index in [1.165, 1.54) is 0 Å². The van der Waals surface area contributed by atoms with Crippen molar-refractivity contribution in [2.75, 3.05) is 25.5 Å². The van der Waals surface area contributed by atoms with Crippen molar-refractivity contribution in [2.24, 2.45) is 11.8 Å². The summed E-state index contributed by atoms with van der Waals surface area (Å²) in [6.45, 7) is 3.34. The Bertz CT molecular complexity index is 807. The van der Waals surface area contributed by atoms with Crippen LogP contribution in [0, 0.1) is 11.8 Å². The zero-order valence-electron chi connectivity index (χ0n) is 15.5. The summed E-state index contributed by atoms with van der Waals surface area (Å²) in [5.74, 6) is 0.587. The number of rotatable bonds is 6. The standard InChI is InChI=1S/C19H26N6O2/c1-20-9-15-10-25(23-22-15)11-16-7-13-5-6-24(16)12-18(13)19(27)21-14-3-2-4-17(26)8-14/h2-4,8,10,13,16,18,20,26H,5-7,9,11-12H2,1H3,(H,21,27)/t13-,16-,18+/m1/s1. The van der Waals surface area contributed by atoms with Gasteiger partial charge in [-0.25, -0.2) is 0 Å². The van der Waals surface area contributed by atoms with Crippen LogP contribution in [0.4, 0.5) is 5.69 Å². The van der Waals surface area contributed by atoms with E-state index < -0.39 is 0 Å². The summed E-state index contributed by atoms with van der Waals surface area (Å²) in [6.07, 6.45) is 4.04. The first-order valence-corrected chi connectivity index (χ1v) is 9.50. The normalized spacial score (nSPS) is 26.9. The molecular formula is C19H26N6O2. The zero-order chi connectivity index (χ0) is 18.8. The third-order valence-electron chi connectivity index (χ3n) is 5.67. The smallest absolute Gasteiger partial charge is 0.229 e. The molecule has 27 heavy (non-hydrogen) atoms.